The van der Waals surface area contributed by atoms with Crippen LogP contribution in [0.1, 0.15) is 42.4 Å². The Kier molecular flexibility index (Phi) is 4.98. The number of hydrogen-bond donors (Lipinski definition) is 0. The van der Waals surface area contributed by atoms with E-state index in [1.54, 1.807) is 0 Å². The first-order valence-electron chi connectivity index (χ1n) is 9.71. The quantitative estimate of drug-likeness (QED) is 0.554. The fraction of sp³-hybridized carbons (Fsp3) is 0.280. The van der Waals surface area contributed by atoms with Crippen LogP contribution in [0.2, 0.25) is 0 Å². The lowest BCUT2D eigenvalue weighted by Gasteiger charge is -2.13. The Balaban J connectivity index is 1.46. The summed E-state index contributed by atoms with van der Waals surface area (Å²) < 4.78 is 20.7. The van der Waals surface area contributed by atoms with Crippen molar-refractivity contribution in [3.05, 3.63) is 101 Å². The Hall–Kier alpha value is -2.61. The van der Waals surface area contributed by atoms with Crippen molar-refractivity contribution < 1.29 is 9.13 Å². The second kappa shape index (κ2) is 7.56. The van der Waals surface area contributed by atoms with E-state index in [0.29, 0.717) is 6.42 Å². The molecule has 2 aromatic rings. The zero-order valence-electron chi connectivity index (χ0n) is 15.7. The van der Waals surface area contributed by atoms with Crippen molar-refractivity contribution in [2.24, 2.45) is 0 Å². The molecule has 2 aliphatic carbocycles. The molecule has 2 aliphatic rings. The minimum atomic E-state index is -0.108. The van der Waals surface area contributed by atoms with Crippen LogP contribution < -0.4 is 4.74 Å². The van der Waals surface area contributed by atoms with E-state index in [4.69, 9.17) is 4.74 Å². The maximum atomic E-state index is 14.8. The van der Waals surface area contributed by atoms with Gasteiger partial charge >= 0.3 is 0 Å². The van der Waals surface area contributed by atoms with Crippen molar-refractivity contribution in [2.75, 3.05) is 0 Å². The molecule has 1 nitrogen and oxygen atoms in total. The van der Waals surface area contributed by atoms with Gasteiger partial charge in [0.25, 0.3) is 0 Å². The Morgan fingerprint density at radius 2 is 1.93 bits per heavy atom. The smallest absolute Gasteiger partial charge is 0.127 e. The fourth-order valence-electron chi connectivity index (χ4n) is 3.60. The molecule has 2 heteroatoms. The molecule has 0 N–H and O–H groups in total. The van der Waals surface area contributed by atoms with Gasteiger partial charge in [-0.05, 0) is 74.1 Å². The lowest BCUT2D eigenvalue weighted by atomic mass is 9.93. The van der Waals surface area contributed by atoms with Crippen molar-refractivity contribution in [3.63, 3.8) is 0 Å². The molecule has 0 spiro atoms. The van der Waals surface area contributed by atoms with Gasteiger partial charge in [-0.2, -0.15) is 0 Å². The summed E-state index contributed by atoms with van der Waals surface area (Å²) in [7, 11) is 0. The van der Waals surface area contributed by atoms with Gasteiger partial charge < -0.3 is 4.74 Å². The van der Waals surface area contributed by atoms with E-state index >= 15 is 0 Å². The molecule has 2 aromatic carbocycles. The predicted molar refractivity (Wildman–Crippen MR) is 109 cm³/mol. The summed E-state index contributed by atoms with van der Waals surface area (Å²) in [6.07, 6.45) is 12.4. The summed E-state index contributed by atoms with van der Waals surface area (Å²) in [6.45, 7) is 2.08. The number of hydrogen-bond acceptors (Lipinski definition) is 1. The second-order valence-corrected chi connectivity index (χ2v) is 7.63. The van der Waals surface area contributed by atoms with Gasteiger partial charge in [-0.25, -0.2) is 4.39 Å². The van der Waals surface area contributed by atoms with Crippen LogP contribution in [0.3, 0.4) is 0 Å². The van der Waals surface area contributed by atoms with E-state index in [2.05, 4.69) is 43.3 Å². The second-order valence-electron chi connectivity index (χ2n) is 7.63. The molecule has 0 unspecified atom stereocenters. The molecule has 27 heavy (non-hydrogen) atoms. The Bertz CT molecular complexity index is 898. The highest BCUT2D eigenvalue weighted by Gasteiger charge is 2.42. The first-order valence-corrected chi connectivity index (χ1v) is 9.71. The SMILES string of the molecule is Cc1ccc(C2(/C=C(\F)Cc3cccc(OC4=CCCC=C4)c3)CC2)cc1. The number of ether oxygens (including phenoxy) is 1. The molecule has 0 saturated heterocycles. The Morgan fingerprint density at radius 3 is 2.63 bits per heavy atom. The summed E-state index contributed by atoms with van der Waals surface area (Å²) >= 11 is 0. The van der Waals surface area contributed by atoms with Crippen molar-refractivity contribution in [3.8, 4) is 5.75 Å². The van der Waals surface area contributed by atoms with Gasteiger partial charge in [-0.1, -0.05) is 48.0 Å². The minimum Gasteiger partial charge on any atom is -0.458 e. The molecular formula is C25H25FO. The van der Waals surface area contributed by atoms with Crippen LogP contribution >= 0.6 is 0 Å². The van der Waals surface area contributed by atoms with Crippen molar-refractivity contribution >= 4 is 0 Å². The minimum absolute atomic E-state index is 0.0676. The fourth-order valence-corrected chi connectivity index (χ4v) is 3.60. The number of aryl methyl sites for hydroxylation is 1. The topological polar surface area (TPSA) is 9.23 Å². The van der Waals surface area contributed by atoms with Gasteiger partial charge in [0.2, 0.25) is 0 Å². The molecule has 0 aliphatic heterocycles. The molecule has 0 aromatic heterocycles. The highest BCUT2D eigenvalue weighted by Crippen LogP contribution is 2.50. The third-order valence-corrected chi connectivity index (χ3v) is 5.32. The first kappa shape index (κ1) is 17.8. The lowest BCUT2D eigenvalue weighted by molar-refractivity contribution is 0.438. The third-order valence-electron chi connectivity index (χ3n) is 5.32. The Labute approximate surface area is 160 Å². The van der Waals surface area contributed by atoms with E-state index in [1.165, 1.54) is 11.1 Å². The summed E-state index contributed by atoms with van der Waals surface area (Å²) in [6, 6.07) is 16.2. The van der Waals surface area contributed by atoms with Crippen molar-refractivity contribution in [1.29, 1.82) is 0 Å². The van der Waals surface area contributed by atoms with E-state index < -0.39 is 0 Å². The molecule has 4 rings (SSSR count). The molecule has 0 bridgehead atoms. The molecule has 0 heterocycles. The lowest BCUT2D eigenvalue weighted by Crippen LogP contribution is -2.04. The van der Waals surface area contributed by atoms with E-state index in [0.717, 1.165) is 42.8 Å². The van der Waals surface area contributed by atoms with Crippen LogP contribution in [0, 0.1) is 6.92 Å². The molecule has 0 amide bonds. The van der Waals surface area contributed by atoms with Crippen LogP contribution in [0.25, 0.3) is 0 Å². The van der Waals surface area contributed by atoms with Crippen LogP contribution in [-0.4, -0.2) is 0 Å². The first-order chi connectivity index (χ1) is 13.1. The molecular weight excluding hydrogens is 335 g/mol. The van der Waals surface area contributed by atoms with Crippen LogP contribution in [-0.2, 0) is 11.8 Å². The molecule has 1 saturated carbocycles. The zero-order chi connectivity index (χ0) is 18.7. The summed E-state index contributed by atoms with van der Waals surface area (Å²) in [5.74, 6) is 1.56. The highest BCUT2D eigenvalue weighted by atomic mass is 19.1. The van der Waals surface area contributed by atoms with Crippen LogP contribution in [0.4, 0.5) is 4.39 Å². The summed E-state index contributed by atoms with van der Waals surface area (Å²) in [4.78, 5) is 0. The van der Waals surface area contributed by atoms with Crippen LogP contribution in [0.5, 0.6) is 5.75 Å². The molecule has 0 atom stereocenters. The molecule has 1 fully saturated rings. The number of halogens is 1. The molecule has 138 valence electrons. The number of benzene rings is 2. The highest BCUT2D eigenvalue weighted by molar-refractivity contribution is 5.40. The van der Waals surface area contributed by atoms with Gasteiger partial charge in [0.05, 0.1) is 0 Å². The van der Waals surface area contributed by atoms with Crippen molar-refractivity contribution in [2.45, 2.75) is 44.4 Å². The maximum Gasteiger partial charge on any atom is 0.127 e. The van der Waals surface area contributed by atoms with Gasteiger partial charge in [-0.15, -0.1) is 0 Å². The number of allylic oxidation sites excluding steroid dienone is 5. The van der Waals surface area contributed by atoms with Gasteiger partial charge in [0.15, 0.2) is 0 Å². The van der Waals surface area contributed by atoms with E-state index in [1.807, 2.05) is 36.4 Å². The monoisotopic (exact) mass is 360 g/mol. The van der Waals surface area contributed by atoms with Gasteiger partial charge in [0, 0.05) is 11.8 Å². The average Bonchev–Trinajstić information content (AvgIpc) is 3.44. The summed E-state index contributed by atoms with van der Waals surface area (Å²) in [5, 5.41) is 0. The standard InChI is InChI=1S/C25H25FO/c1-19-10-12-21(13-11-19)25(14-15-25)18-22(26)16-20-6-5-9-24(17-20)27-23-7-3-2-4-8-23/h3,5-13,17-18H,2,4,14-16H2,1H3/b22-18-. The third kappa shape index (κ3) is 4.39. The maximum absolute atomic E-state index is 14.8. The Morgan fingerprint density at radius 1 is 1.11 bits per heavy atom. The zero-order valence-corrected chi connectivity index (χ0v) is 15.7. The van der Waals surface area contributed by atoms with Gasteiger partial charge in [0.1, 0.15) is 17.3 Å². The van der Waals surface area contributed by atoms with E-state index in [9.17, 15) is 4.39 Å². The number of rotatable bonds is 6. The average molecular weight is 360 g/mol. The van der Waals surface area contributed by atoms with Gasteiger partial charge in [-0.3, -0.25) is 0 Å². The predicted octanol–water partition coefficient (Wildman–Crippen LogP) is 6.74. The van der Waals surface area contributed by atoms with Crippen molar-refractivity contribution in [1.82, 2.24) is 0 Å². The molecule has 0 radical (unpaired) electrons. The largest absolute Gasteiger partial charge is 0.458 e. The normalized spacial score (nSPS) is 18.1. The van der Waals surface area contributed by atoms with Crippen LogP contribution in [0.15, 0.2) is 84.4 Å². The summed E-state index contributed by atoms with van der Waals surface area (Å²) in [5.41, 5.74) is 3.28. The van der Waals surface area contributed by atoms with E-state index in [-0.39, 0.29) is 11.2 Å².